The number of hydrogen-bond acceptors (Lipinski definition) is 4. The van der Waals surface area contributed by atoms with Crippen LogP contribution in [0, 0.1) is 6.92 Å². The lowest BCUT2D eigenvalue weighted by Crippen LogP contribution is -2.27. The number of benzene rings is 1. The maximum Gasteiger partial charge on any atom is 0.251 e. The molecule has 130 valence electrons. The highest BCUT2D eigenvalue weighted by molar-refractivity contribution is 7.89. The predicted molar refractivity (Wildman–Crippen MR) is 91.2 cm³/mol. The first kappa shape index (κ1) is 18.2. The lowest BCUT2D eigenvalue weighted by atomic mass is 10.1. The molecule has 1 aromatic carbocycles. The fourth-order valence-electron chi connectivity index (χ4n) is 2.15. The molecule has 0 radical (unpaired) electrons. The van der Waals surface area contributed by atoms with Gasteiger partial charge in [0.1, 0.15) is 5.76 Å². The van der Waals surface area contributed by atoms with Gasteiger partial charge in [-0.15, -0.1) is 0 Å². The zero-order chi connectivity index (χ0) is 17.6. The Morgan fingerprint density at radius 3 is 2.71 bits per heavy atom. The van der Waals surface area contributed by atoms with Crippen molar-refractivity contribution in [1.82, 2.24) is 10.0 Å². The molecule has 0 saturated carbocycles. The van der Waals surface area contributed by atoms with Crippen LogP contribution in [0.25, 0.3) is 0 Å². The fourth-order valence-corrected chi connectivity index (χ4v) is 3.17. The standard InChI is InChI=1S/C17H22N2O4S/c1-3-4-9-18-17(20)16-11-15(8-7-13(16)2)24(21,22)19-12-14-6-5-10-23-14/h5-8,10-11,19H,3-4,9,12H2,1-2H3,(H,18,20). The van der Waals surface area contributed by atoms with Crippen LogP contribution < -0.4 is 10.0 Å². The molecular weight excluding hydrogens is 328 g/mol. The molecule has 0 saturated heterocycles. The maximum atomic E-state index is 12.4. The molecule has 0 aliphatic rings. The Bertz CT molecular complexity index is 783. The van der Waals surface area contributed by atoms with Gasteiger partial charge in [0.2, 0.25) is 10.0 Å². The number of carbonyl (C=O) groups excluding carboxylic acids is 1. The van der Waals surface area contributed by atoms with Gasteiger partial charge in [-0.05, 0) is 43.2 Å². The third kappa shape index (κ3) is 4.69. The molecule has 1 heterocycles. The third-order valence-corrected chi connectivity index (χ3v) is 5.00. The van der Waals surface area contributed by atoms with Crippen molar-refractivity contribution in [3.8, 4) is 0 Å². The fraction of sp³-hybridized carbons (Fsp3) is 0.353. The molecule has 1 aromatic heterocycles. The van der Waals surface area contributed by atoms with Crippen LogP contribution in [0.4, 0.5) is 0 Å². The molecule has 0 aliphatic carbocycles. The normalized spacial score (nSPS) is 11.4. The summed E-state index contributed by atoms with van der Waals surface area (Å²) < 4.78 is 32.4. The van der Waals surface area contributed by atoms with Crippen molar-refractivity contribution < 1.29 is 17.6 Å². The topological polar surface area (TPSA) is 88.4 Å². The molecule has 6 nitrogen and oxygen atoms in total. The predicted octanol–water partition coefficient (Wildman–Crippen LogP) is 2.60. The van der Waals surface area contributed by atoms with Crippen molar-refractivity contribution >= 4 is 15.9 Å². The van der Waals surface area contributed by atoms with E-state index in [0.29, 0.717) is 17.9 Å². The number of nitrogens with one attached hydrogen (secondary N) is 2. The van der Waals surface area contributed by atoms with Crippen molar-refractivity contribution in [3.63, 3.8) is 0 Å². The molecule has 2 N–H and O–H groups in total. The highest BCUT2D eigenvalue weighted by atomic mass is 32.2. The SMILES string of the molecule is CCCCNC(=O)c1cc(S(=O)(=O)NCc2ccco2)ccc1C. The summed E-state index contributed by atoms with van der Waals surface area (Å²) in [6.07, 6.45) is 3.34. The van der Waals surface area contributed by atoms with Crippen molar-refractivity contribution in [1.29, 1.82) is 0 Å². The summed E-state index contributed by atoms with van der Waals surface area (Å²) in [4.78, 5) is 12.3. The first-order valence-electron chi connectivity index (χ1n) is 7.85. The molecule has 24 heavy (non-hydrogen) atoms. The van der Waals surface area contributed by atoms with Gasteiger partial charge in [-0.3, -0.25) is 4.79 Å². The van der Waals surface area contributed by atoms with E-state index in [1.807, 2.05) is 6.92 Å². The molecule has 0 atom stereocenters. The minimum absolute atomic E-state index is 0.0558. The second-order valence-electron chi connectivity index (χ2n) is 5.49. The highest BCUT2D eigenvalue weighted by Crippen LogP contribution is 2.16. The van der Waals surface area contributed by atoms with E-state index in [1.165, 1.54) is 18.4 Å². The van der Waals surface area contributed by atoms with Gasteiger partial charge in [-0.25, -0.2) is 13.1 Å². The van der Waals surface area contributed by atoms with Crippen molar-refractivity contribution in [2.24, 2.45) is 0 Å². The number of carbonyl (C=O) groups is 1. The molecule has 2 rings (SSSR count). The third-order valence-electron chi connectivity index (χ3n) is 3.60. The molecule has 1 amide bonds. The zero-order valence-corrected chi connectivity index (χ0v) is 14.7. The summed E-state index contributed by atoms with van der Waals surface area (Å²) in [5.74, 6) is 0.257. The van der Waals surface area contributed by atoms with Crippen LogP contribution in [0.5, 0.6) is 0 Å². The summed E-state index contributed by atoms with van der Waals surface area (Å²) in [6.45, 7) is 4.44. The summed E-state index contributed by atoms with van der Waals surface area (Å²) in [5.41, 5.74) is 1.10. The molecule has 0 aliphatic heterocycles. The Morgan fingerprint density at radius 1 is 1.25 bits per heavy atom. The number of sulfonamides is 1. The number of amides is 1. The summed E-state index contributed by atoms with van der Waals surface area (Å²) in [6, 6.07) is 7.90. The van der Waals surface area contributed by atoms with E-state index >= 15 is 0 Å². The second kappa shape index (κ2) is 8.12. The largest absolute Gasteiger partial charge is 0.468 e. The number of unbranched alkanes of at least 4 members (excludes halogenated alkanes) is 1. The van der Waals surface area contributed by atoms with Gasteiger partial charge in [0.25, 0.3) is 5.91 Å². The van der Waals surface area contributed by atoms with Gasteiger partial charge in [0.05, 0.1) is 17.7 Å². The van der Waals surface area contributed by atoms with E-state index in [-0.39, 0.29) is 17.3 Å². The van der Waals surface area contributed by atoms with E-state index < -0.39 is 10.0 Å². The Kier molecular flexibility index (Phi) is 6.16. The van der Waals surface area contributed by atoms with Gasteiger partial charge < -0.3 is 9.73 Å². The summed E-state index contributed by atoms with van der Waals surface area (Å²) in [7, 11) is -3.72. The number of furan rings is 1. The van der Waals surface area contributed by atoms with Crippen LogP contribution in [-0.4, -0.2) is 20.9 Å². The van der Waals surface area contributed by atoms with Gasteiger partial charge >= 0.3 is 0 Å². The first-order chi connectivity index (χ1) is 11.4. The minimum atomic E-state index is -3.72. The Labute approximate surface area is 142 Å². The summed E-state index contributed by atoms with van der Waals surface area (Å²) >= 11 is 0. The average molecular weight is 350 g/mol. The lowest BCUT2D eigenvalue weighted by Gasteiger charge is -2.10. The highest BCUT2D eigenvalue weighted by Gasteiger charge is 2.18. The minimum Gasteiger partial charge on any atom is -0.468 e. The van der Waals surface area contributed by atoms with E-state index in [2.05, 4.69) is 10.0 Å². The van der Waals surface area contributed by atoms with Crippen LogP contribution in [0.3, 0.4) is 0 Å². The number of hydrogen-bond donors (Lipinski definition) is 2. The van der Waals surface area contributed by atoms with E-state index in [1.54, 1.807) is 25.1 Å². The van der Waals surface area contributed by atoms with Crippen LogP contribution in [-0.2, 0) is 16.6 Å². The van der Waals surface area contributed by atoms with Crippen molar-refractivity contribution in [2.75, 3.05) is 6.54 Å². The molecule has 0 unspecified atom stereocenters. The second-order valence-corrected chi connectivity index (χ2v) is 7.26. The van der Waals surface area contributed by atoms with Gasteiger partial charge in [-0.2, -0.15) is 0 Å². The maximum absolute atomic E-state index is 12.4. The molecule has 0 bridgehead atoms. The van der Waals surface area contributed by atoms with E-state index in [4.69, 9.17) is 4.42 Å². The van der Waals surface area contributed by atoms with Crippen LogP contribution in [0.2, 0.25) is 0 Å². The molecular formula is C17H22N2O4S. The monoisotopic (exact) mass is 350 g/mol. The molecule has 2 aromatic rings. The molecule has 0 spiro atoms. The van der Waals surface area contributed by atoms with Gasteiger partial charge in [0, 0.05) is 12.1 Å². The van der Waals surface area contributed by atoms with Gasteiger partial charge in [0.15, 0.2) is 0 Å². The van der Waals surface area contributed by atoms with Gasteiger partial charge in [-0.1, -0.05) is 19.4 Å². The Balaban J connectivity index is 2.15. The van der Waals surface area contributed by atoms with Crippen LogP contribution in [0.15, 0.2) is 45.9 Å². The molecule has 0 fully saturated rings. The zero-order valence-electron chi connectivity index (χ0n) is 13.8. The Hall–Kier alpha value is -2.12. The summed E-state index contributed by atoms with van der Waals surface area (Å²) in [5, 5.41) is 2.80. The first-order valence-corrected chi connectivity index (χ1v) is 9.33. The van der Waals surface area contributed by atoms with Crippen molar-refractivity contribution in [2.45, 2.75) is 38.1 Å². The Morgan fingerprint density at radius 2 is 2.04 bits per heavy atom. The van der Waals surface area contributed by atoms with Crippen LogP contribution >= 0.6 is 0 Å². The average Bonchev–Trinajstić information content (AvgIpc) is 3.07. The lowest BCUT2D eigenvalue weighted by molar-refractivity contribution is 0.0952. The van der Waals surface area contributed by atoms with Crippen LogP contribution in [0.1, 0.15) is 41.4 Å². The van der Waals surface area contributed by atoms with Crippen molar-refractivity contribution in [3.05, 3.63) is 53.5 Å². The number of rotatable bonds is 8. The van der Waals surface area contributed by atoms with E-state index in [9.17, 15) is 13.2 Å². The van der Waals surface area contributed by atoms with E-state index in [0.717, 1.165) is 18.4 Å². The smallest absolute Gasteiger partial charge is 0.251 e. The number of aryl methyl sites for hydroxylation is 1. The quantitative estimate of drug-likeness (QED) is 0.716. The molecule has 7 heteroatoms.